The van der Waals surface area contributed by atoms with E-state index in [9.17, 15) is 4.79 Å². The molecule has 1 N–H and O–H groups in total. The van der Waals surface area contributed by atoms with Crippen LogP contribution in [-0.2, 0) is 4.74 Å². The number of anilines is 1. The number of hydrogen-bond acceptors (Lipinski definition) is 5. The van der Waals surface area contributed by atoms with E-state index in [0.717, 1.165) is 18.4 Å². The number of rotatable bonds is 7. The summed E-state index contributed by atoms with van der Waals surface area (Å²) in [6.45, 7) is 5.22. The number of nitrogens with one attached hydrogen (secondary N) is 1. The number of nitrogens with zero attached hydrogens (tertiary/aromatic N) is 2. The number of hydrogen-bond donors (Lipinski definition) is 1. The lowest BCUT2D eigenvalue weighted by Gasteiger charge is -2.24. The highest BCUT2D eigenvalue weighted by Crippen LogP contribution is 2.26. The van der Waals surface area contributed by atoms with Crippen LogP contribution in [0, 0.1) is 0 Å². The van der Waals surface area contributed by atoms with Crippen molar-refractivity contribution >= 4 is 11.8 Å². The normalized spacial score (nSPS) is 16.0. The van der Waals surface area contributed by atoms with Crippen molar-refractivity contribution < 1.29 is 9.53 Å². The molecule has 0 aliphatic heterocycles. The average Bonchev–Trinajstić information content (AvgIpc) is 3.29. The van der Waals surface area contributed by atoms with E-state index in [1.165, 1.54) is 12.8 Å². The van der Waals surface area contributed by atoms with E-state index >= 15 is 0 Å². The summed E-state index contributed by atoms with van der Waals surface area (Å²) >= 11 is 0. The zero-order chi connectivity index (χ0) is 14.5. The third-order valence-electron chi connectivity index (χ3n) is 3.67. The average molecular weight is 277 g/mol. The van der Waals surface area contributed by atoms with Gasteiger partial charge in [-0.15, -0.1) is 0 Å². The monoisotopic (exact) mass is 277 g/mol. The van der Waals surface area contributed by atoms with Gasteiger partial charge in [-0.25, -0.2) is 9.78 Å². The molecule has 0 bridgehead atoms. The minimum atomic E-state index is -0.326. The fourth-order valence-corrected chi connectivity index (χ4v) is 2.07. The van der Waals surface area contributed by atoms with Crippen molar-refractivity contribution in [3.63, 3.8) is 0 Å². The molecular weight excluding hydrogens is 254 g/mol. The molecular formula is C15H23N3O2. The number of esters is 1. The van der Waals surface area contributed by atoms with Crippen LogP contribution in [0.3, 0.4) is 0 Å². The van der Waals surface area contributed by atoms with Gasteiger partial charge in [-0.3, -0.25) is 4.90 Å². The minimum absolute atomic E-state index is 0.326. The first kappa shape index (κ1) is 14.8. The molecule has 5 nitrogen and oxygen atoms in total. The van der Waals surface area contributed by atoms with Crippen LogP contribution in [-0.4, -0.2) is 48.1 Å². The van der Waals surface area contributed by atoms with E-state index in [-0.39, 0.29) is 5.97 Å². The van der Waals surface area contributed by atoms with Crippen LogP contribution in [0.2, 0.25) is 0 Å². The van der Waals surface area contributed by atoms with Gasteiger partial charge in [0.2, 0.25) is 0 Å². The number of ether oxygens (including phenoxy) is 1. The Bertz CT molecular complexity index is 443. The number of likely N-dealkylation sites (N-methyl/N-ethyl adjacent to an activating group) is 1. The van der Waals surface area contributed by atoms with Gasteiger partial charge in [-0.1, -0.05) is 0 Å². The van der Waals surface area contributed by atoms with Crippen molar-refractivity contribution in [2.75, 3.05) is 25.5 Å². The first-order valence-electron chi connectivity index (χ1n) is 7.20. The Balaban J connectivity index is 1.82. The topological polar surface area (TPSA) is 54.5 Å². The van der Waals surface area contributed by atoms with E-state index in [2.05, 4.69) is 29.2 Å². The van der Waals surface area contributed by atoms with Gasteiger partial charge in [0.1, 0.15) is 5.82 Å². The van der Waals surface area contributed by atoms with E-state index in [1.54, 1.807) is 19.2 Å². The van der Waals surface area contributed by atoms with Crippen LogP contribution in [0.5, 0.6) is 0 Å². The smallest absolute Gasteiger partial charge is 0.339 e. The Morgan fingerprint density at radius 3 is 2.85 bits per heavy atom. The van der Waals surface area contributed by atoms with E-state index in [1.807, 2.05) is 6.07 Å². The summed E-state index contributed by atoms with van der Waals surface area (Å²) in [5, 5.41) is 3.30. The fraction of sp³-hybridized carbons (Fsp3) is 0.600. The Morgan fingerprint density at radius 2 is 2.30 bits per heavy atom. The molecule has 1 aliphatic rings. The summed E-state index contributed by atoms with van der Waals surface area (Å²) in [5.41, 5.74) is 0.487. The molecule has 0 saturated heterocycles. The molecule has 5 heteroatoms. The minimum Gasteiger partial charge on any atom is -0.462 e. The Hall–Kier alpha value is -1.62. The maximum Gasteiger partial charge on any atom is 0.339 e. The largest absolute Gasteiger partial charge is 0.462 e. The maximum absolute atomic E-state index is 11.5. The zero-order valence-electron chi connectivity index (χ0n) is 12.4. The second-order valence-corrected chi connectivity index (χ2v) is 5.28. The number of aromatic nitrogens is 1. The summed E-state index contributed by atoms with van der Waals surface area (Å²) in [5.74, 6) is 0.461. The van der Waals surface area contributed by atoms with Gasteiger partial charge < -0.3 is 10.1 Å². The lowest BCUT2D eigenvalue weighted by atomic mass is 10.2. The SMILES string of the molecule is CCOC(=O)c1ccc(NCC(C)N(C)C2CC2)nc1. The van der Waals surface area contributed by atoms with Gasteiger partial charge in [-0.2, -0.15) is 0 Å². The maximum atomic E-state index is 11.5. The molecule has 2 rings (SSSR count). The fourth-order valence-electron chi connectivity index (χ4n) is 2.07. The standard InChI is InChI=1S/C15H23N3O2/c1-4-20-15(19)12-5-8-14(17-10-12)16-9-11(2)18(3)13-6-7-13/h5,8,10-11,13H,4,6-7,9H2,1-3H3,(H,16,17). The molecule has 1 aromatic rings. The molecule has 0 aromatic carbocycles. The summed E-state index contributed by atoms with van der Waals surface area (Å²) in [6, 6.07) is 4.78. The summed E-state index contributed by atoms with van der Waals surface area (Å²) < 4.78 is 4.92. The predicted molar refractivity (Wildman–Crippen MR) is 78.9 cm³/mol. The molecule has 1 saturated carbocycles. The number of carbonyl (C=O) groups excluding carboxylic acids is 1. The highest BCUT2D eigenvalue weighted by molar-refractivity contribution is 5.89. The molecule has 110 valence electrons. The summed E-state index contributed by atoms with van der Waals surface area (Å²) in [6.07, 6.45) is 4.18. The summed E-state index contributed by atoms with van der Waals surface area (Å²) in [7, 11) is 2.17. The molecule has 0 amide bonds. The molecule has 0 spiro atoms. The van der Waals surface area contributed by atoms with Crippen molar-refractivity contribution in [3.8, 4) is 0 Å². The molecule has 1 atom stereocenters. The molecule has 20 heavy (non-hydrogen) atoms. The number of pyridine rings is 1. The molecule has 1 heterocycles. The van der Waals surface area contributed by atoms with Gasteiger partial charge in [0, 0.05) is 24.8 Å². The first-order chi connectivity index (χ1) is 9.61. The molecule has 1 aromatic heterocycles. The van der Waals surface area contributed by atoms with Crippen molar-refractivity contribution in [1.82, 2.24) is 9.88 Å². The zero-order valence-corrected chi connectivity index (χ0v) is 12.4. The van der Waals surface area contributed by atoms with Crippen LogP contribution in [0.4, 0.5) is 5.82 Å². The third-order valence-corrected chi connectivity index (χ3v) is 3.67. The Morgan fingerprint density at radius 1 is 1.55 bits per heavy atom. The van der Waals surface area contributed by atoms with Crippen molar-refractivity contribution in [3.05, 3.63) is 23.9 Å². The van der Waals surface area contributed by atoms with E-state index < -0.39 is 0 Å². The Kier molecular flexibility index (Phi) is 4.95. The van der Waals surface area contributed by atoms with Gasteiger partial charge in [-0.05, 0) is 45.9 Å². The molecule has 1 aliphatic carbocycles. The molecule has 1 unspecified atom stereocenters. The van der Waals surface area contributed by atoms with Gasteiger partial charge >= 0.3 is 5.97 Å². The van der Waals surface area contributed by atoms with Crippen LogP contribution < -0.4 is 5.32 Å². The van der Waals surface area contributed by atoms with Crippen LogP contribution in [0.1, 0.15) is 37.0 Å². The van der Waals surface area contributed by atoms with Crippen LogP contribution in [0.15, 0.2) is 18.3 Å². The van der Waals surface area contributed by atoms with Crippen molar-refractivity contribution in [1.29, 1.82) is 0 Å². The molecule has 0 radical (unpaired) electrons. The summed E-state index contributed by atoms with van der Waals surface area (Å²) in [4.78, 5) is 18.2. The van der Waals surface area contributed by atoms with E-state index in [4.69, 9.17) is 4.74 Å². The quantitative estimate of drug-likeness (QED) is 0.774. The number of carbonyl (C=O) groups is 1. The van der Waals surface area contributed by atoms with Crippen LogP contribution in [0.25, 0.3) is 0 Å². The van der Waals surface area contributed by atoms with Gasteiger partial charge in [0.15, 0.2) is 0 Å². The van der Waals surface area contributed by atoms with Gasteiger partial charge in [0.25, 0.3) is 0 Å². The highest BCUT2D eigenvalue weighted by atomic mass is 16.5. The molecule has 1 fully saturated rings. The lowest BCUT2D eigenvalue weighted by Crippen LogP contribution is -2.36. The lowest BCUT2D eigenvalue weighted by molar-refractivity contribution is 0.0526. The second kappa shape index (κ2) is 6.70. The van der Waals surface area contributed by atoms with Crippen molar-refractivity contribution in [2.45, 2.75) is 38.8 Å². The highest BCUT2D eigenvalue weighted by Gasteiger charge is 2.28. The first-order valence-corrected chi connectivity index (χ1v) is 7.20. The van der Waals surface area contributed by atoms with Crippen molar-refractivity contribution in [2.24, 2.45) is 0 Å². The van der Waals surface area contributed by atoms with Crippen LogP contribution >= 0.6 is 0 Å². The van der Waals surface area contributed by atoms with Gasteiger partial charge in [0.05, 0.1) is 12.2 Å². The predicted octanol–water partition coefficient (Wildman–Crippen LogP) is 2.15. The second-order valence-electron chi connectivity index (χ2n) is 5.28. The van der Waals surface area contributed by atoms with E-state index in [0.29, 0.717) is 18.2 Å². The third kappa shape index (κ3) is 3.93. The Labute approximate surface area is 120 Å².